The summed E-state index contributed by atoms with van der Waals surface area (Å²) in [5, 5.41) is 3.09. The Kier molecular flexibility index (Phi) is 13.1. The minimum absolute atomic E-state index is 0.126. The highest BCUT2D eigenvalue weighted by Crippen LogP contribution is 2.41. The van der Waals surface area contributed by atoms with Gasteiger partial charge in [-0.3, -0.25) is 4.79 Å². The lowest BCUT2D eigenvalue weighted by atomic mass is 9.80. The number of rotatable bonds is 16. The van der Waals surface area contributed by atoms with Gasteiger partial charge in [-0.2, -0.15) is 0 Å². The molecule has 1 heterocycles. The van der Waals surface area contributed by atoms with Gasteiger partial charge < -0.3 is 29.0 Å². The van der Waals surface area contributed by atoms with E-state index in [0.717, 1.165) is 27.8 Å². The van der Waals surface area contributed by atoms with Crippen molar-refractivity contribution >= 4 is 17.7 Å². The average molecular weight is 704 g/mol. The number of thioether (sulfide) groups is 1. The predicted molar refractivity (Wildman–Crippen MR) is 201 cm³/mol. The van der Waals surface area contributed by atoms with E-state index in [1.54, 1.807) is 11.8 Å². The van der Waals surface area contributed by atoms with Gasteiger partial charge in [0.25, 0.3) is 0 Å². The van der Waals surface area contributed by atoms with Crippen molar-refractivity contribution < 1.29 is 28.5 Å². The third-order valence-corrected chi connectivity index (χ3v) is 9.31. The van der Waals surface area contributed by atoms with Crippen molar-refractivity contribution in [2.24, 2.45) is 0 Å². The number of carbonyl (C=O) groups is 1. The average Bonchev–Trinajstić information content (AvgIpc) is 3.18. The molecule has 51 heavy (non-hydrogen) atoms. The minimum Gasteiger partial charge on any atom is -0.368 e. The van der Waals surface area contributed by atoms with Crippen molar-refractivity contribution in [2.45, 2.75) is 56.4 Å². The summed E-state index contributed by atoms with van der Waals surface area (Å²) in [6.45, 7) is 2.20. The summed E-state index contributed by atoms with van der Waals surface area (Å²) in [4.78, 5) is 12.7. The maximum Gasteiger partial charge on any atom is 0.217 e. The van der Waals surface area contributed by atoms with Gasteiger partial charge >= 0.3 is 0 Å². The zero-order chi connectivity index (χ0) is 35.3. The van der Waals surface area contributed by atoms with Crippen LogP contribution in [0.5, 0.6) is 0 Å². The number of ether oxygens (including phenoxy) is 5. The Bertz CT molecular complexity index is 1650. The van der Waals surface area contributed by atoms with E-state index < -0.39 is 36.2 Å². The van der Waals surface area contributed by atoms with Crippen LogP contribution in [0.4, 0.5) is 0 Å². The Morgan fingerprint density at radius 3 is 1.55 bits per heavy atom. The van der Waals surface area contributed by atoms with Crippen molar-refractivity contribution in [2.75, 3.05) is 18.8 Å². The molecular weight excluding hydrogens is 659 g/mol. The lowest BCUT2D eigenvalue weighted by molar-refractivity contribution is -0.291. The number of carbonyl (C=O) groups excluding carboxylic acids is 1. The fraction of sp³-hybridized carbons (Fsp3) is 0.279. The number of nitrogens with one attached hydrogen (secondary N) is 1. The Labute approximate surface area is 305 Å². The zero-order valence-electron chi connectivity index (χ0n) is 29.0. The van der Waals surface area contributed by atoms with E-state index >= 15 is 0 Å². The van der Waals surface area contributed by atoms with Crippen LogP contribution in [0.25, 0.3) is 0 Å². The molecule has 1 aliphatic rings. The molecule has 6 rings (SSSR count). The van der Waals surface area contributed by atoms with Crippen molar-refractivity contribution in [1.29, 1.82) is 0 Å². The largest absolute Gasteiger partial charge is 0.368 e. The van der Waals surface area contributed by atoms with Gasteiger partial charge in [0.15, 0.2) is 6.29 Å². The molecule has 264 valence electrons. The minimum atomic E-state index is -0.980. The molecule has 5 aromatic rings. The molecule has 1 fully saturated rings. The molecule has 5 aromatic carbocycles. The lowest BCUT2D eigenvalue weighted by Gasteiger charge is -2.47. The Balaban J connectivity index is 1.40. The van der Waals surface area contributed by atoms with E-state index in [9.17, 15) is 4.79 Å². The standard InChI is InChI=1S/C43H45NO6S/c1-32(45)44-39-41(46-28-33-18-8-3-9-19-33)40(48-31-51-2)38(50-42(39)47-29-34-20-10-4-11-21-34)30-49-43(35-22-12-5-13-23-35,36-24-14-6-15-25-36)37-26-16-7-17-27-37/h3-27,38-42H,28-31H2,1-2H3,(H,44,45). The first kappa shape index (κ1) is 36.5. The van der Waals surface area contributed by atoms with E-state index in [0.29, 0.717) is 12.5 Å². The molecule has 1 N–H and O–H groups in total. The van der Waals surface area contributed by atoms with Gasteiger partial charge in [-0.05, 0) is 34.1 Å². The molecule has 0 spiro atoms. The number of amides is 1. The van der Waals surface area contributed by atoms with Gasteiger partial charge in [0, 0.05) is 6.92 Å². The Morgan fingerprint density at radius 2 is 1.10 bits per heavy atom. The summed E-state index contributed by atoms with van der Waals surface area (Å²) in [6, 6.07) is 49.9. The molecule has 1 aliphatic heterocycles. The molecule has 1 saturated heterocycles. The third kappa shape index (κ3) is 9.15. The van der Waals surface area contributed by atoms with Gasteiger partial charge in [-0.15, -0.1) is 11.8 Å². The van der Waals surface area contributed by atoms with Crippen LogP contribution in [-0.4, -0.2) is 55.4 Å². The highest BCUT2D eigenvalue weighted by molar-refractivity contribution is 7.98. The predicted octanol–water partition coefficient (Wildman–Crippen LogP) is 7.73. The highest BCUT2D eigenvalue weighted by atomic mass is 32.2. The van der Waals surface area contributed by atoms with Crippen LogP contribution >= 0.6 is 11.8 Å². The van der Waals surface area contributed by atoms with Crippen LogP contribution in [0.15, 0.2) is 152 Å². The van der Waals surface area contributed by atoms with E-state index in [4.69, 9.17) is 23.7 Å². The second-order valence-electron chi connectivity index (χ2n) is 12.5. The van der Waals surface area contributed by atoms with Crippen LogP contribution in [0.3, 0.4) is 0 Å². The quantitative estimate of drug-likeness (QED) is 0.0833. The zero-order valence-corrected chi connectivity index (χ0v) is 29.8. The normalized spacial score (nSPS) is 20.5. The summed E-state index contributed by atoms with van der Waals surface area (Å²) in [5.41, 5.74) is 3.93. The summed E-state index contributed by atoms with van der Waals surface area (Å²) >= 11 is 1.56. The first-order valence-electron chi connectivity index (χ1n) is 17.2. The maximum absolute atomic E-state index is 12.7. The molecular formula is C43H45NO6S. The van der Waals surface area contributed by atoms with Gasteiger partial charge in [0.2, 0.25) is 5.91 Å². The Morgan fingerprint density at radius 1 is 0.647 bits per heavy atom. The summed E-state index contributed by atoms with van der Waals surface area (Å²) in [6.07, 6.45) is -0.771. The van der Waals surface area contributed by atoms with Crippen molar-refractivity contribution in [3.63, 3.8) is 0 Å². The highest BCUT2D eigenvalue weighted by Gasteiger charge is 2.50. The monoisotopic (exact) mass is 703 g/mol. The third-order valence-electron chi connectivity index (χ3n) is 8.94. The number of hydrogen-bond donors (Lipinski definition) is 1. The second kappa shape index (κ2) is 18.3. The van der Waals surface area contributed by atoms with Gasteiger partial charge in [0.05, 0.1) is 25.8 Å². The number of hydrogen-bond acceptors (Lipinski definition) is 7. The molecule has 0 saturated carbocycles. The molecule has 1 amide bonds. The summed E-state index contributed by atoms with van der Waals surface area (Å²) in [5.74, 6) is 0.166. The maximum atomic E-state index is 12.7. The molecule has 0 aliphatic carbocycles. The molecule has 5 atom stereocenters. The fourth-order valence-corrected chi connectivity index (χ4v) is 6.90. The fourth-order valence-electron chi connectivity index (χ4n) is 6.61. The van der Waals surface area contributed by atoms with Crippen molar-refractivity contribution in [3.05, 3.63) is 179 Å². The summed E-state index contributed by atoms with van der Waals surface area (Å²) < 4.78 is 33.9. The lowest BCUT2D eigenvalue weighted by Crippen LogP contribution is -2.66. The van der Waals surface area contributed by atoms with E-state index in [-0.39, 0.29) is 19.1 Å². The van der Waals surface area contributed by atoms with Crippen molar-refractivity contribution in [3.8, 4) is 0 Å². The molecule has 0 radical (unpaired) electrons. The second-order valence-corrected chi connectivity index (χ2v) is 13.3. The van der Waals surface area contributed by atoms with E-state index in [2.05, 4.69) is 41.7 Å². The molecule has 0 bridgehead atoms. The van der Waals surface area contributed by atoms with Gasteiger partial charge in [-0.1, -0.05) is 152 Å². The SMILES string of the molecule is CSCOC1C(COC(c2ccccc2)(c2ccccc2)c2ccccc2)OC(OCc2ccccc2)C(NC(C)=O)C1OCc1ccccc1. The van der Waals surface area contributed by atoms with Gasteiger partial charge in [-0.25, -0.2) is 0 Å². The summed E-state index contributed by atoms with van der Waals surface area (Å²) in [7, 11) is 0. The molecule has 7 nitrogen and oxygen atoms in total. The van der Waals surface area contributed by atoms with E-state index in [1.165, 1.54) is 6.92 Å². The van der Waals surface area contributed by atoms with Crippen LogP contribution in [0, 0.1) is 0 Å². The van der Waals surface area contributed by atoms with Crippen LogP contribution in [-0.2, 0) is 47.3 Å². The van der Waals surface area contributed by atoms with Gasteiger partial charge in [0.1, 0.15) is 30.0 Å². The molecule has 5 unspecified atom stereocenters. The molecule has 0 aromatic heterocycles. The van der Waals surface area contributed by atoms with Crippen LogP contribution < -0.4 is 5.32 Å². The molecule has 8 heteroatoms. The topological polar surface area (TPSA) is 75.3 Å². The van der Waals surface area contributed by atoms with Crippen molar-refractivity contribution in [1.82, 2.24) is 5.32 Å². The Hall–Kier alpha value is -4.28. The smallest absolute Gasteiger partial charge is 0.217 e. The van der Waals surface area contributed by atoms with Crippen LogP contribution in [0.1, 0.15) is 34.7 Å². The first-order chi connectivity index (χ1) is 25.1. The van der Waals surface area contributed by atoms with E-state index in [1.807, 2.05) is 122 Å². The number of benzene rings is 5. The first-order valence-corrected chi connectivity index (χ1v) is 18.6. The van der Waals surface area contributed by atoms with Crippen LogP contribution in [0.2, 0.25) is 0 Å².